The Balaban J connectivity index is 1.85. The molecule has 1 heteroatoms. The summed E-state index contributed by atoms with van der Waals surface area (Å²) in [5, 5.41) is 0. The van der Waals surface area contributed by atoms with E-state index in [2.05, 4.69) is 6.92 Å². The molecule has 0 spiro atoms. The molecule has 0 amide bonds. The van der Waals surface area contributed by atoms with Crippen molar-refractivity contribution in [2.45, 2.75) is 58.3 Å². The maximum atomic E-state index is 12.1. The first kappa shape index (κ1) is 10.2. The second-order valence-corrected chi connectivity index (χ2v) is 5.34. The average molecular weight is 194 g/mol. The van der Waals surface area contributed by atoms with E-state index in [4.69, 9.17) is 0 Å². The van der Waals surface area contributed by atoms with Gasteiger partial charge in [0.2, 0.25) is 0 Å². The third-order valence-electron chi connectivity index (χ3n) is 4.18. The van der Waals surface area contributed by atoms with E-state index < -0.39 is 0 Å². The molecule has 2 saturated carbocycles. The van der Waals surface area contributed by atoms with Gasteiger partial charge in [-0.2, -0.15) is 0 Å². The second kappa shape index (κ2) is 4.46. The van der Waals surface area contributed by atoms with Crippen molar-refractivity contribution in [3.63, 3.8) is 0 Å². The Morgan fingerprint density at radius 3 is 1.93 bits per heavy atom. The van der Waals surface area contributed by atoms with Crippen LogP contribution in [0.2, 0.25) is 0 Å². The molecule has 1 nitrogen and oxygen atoms in total. The normalized spacial score (nSPS) is 34.6. The lowest BCUT2D eigenvalue weighted by Crippen LogP contribution is -2.25. The number of Topliss-reactive ketones (excluding diaryl/α,β-unsaturated/α-hetero) is 1. The zero-order valence-electron chi connectivity index (χ0n) is 9.30. The maximum absolute atomic E-state index is 12.1. The van der Waals surface area contributed by atoms with Crippen LogP contribution in [0.5, 0.6) is 0 Å². The molecular formula is C13H22O. The number of carbonyl (C=O) groups is 1. The Morgan fingerprint density at radius 1 is 0.857 bits per heavy atom. The minimum absolute atomic E-state index is 0.439. The molecule has 2 fully saturated rings. The van der Waals surface area contributed by atoms with Crippen molar-refractivity contribution >= 4 is 5.78 Å². The summed E-state index contributed by atoms with van der Waals surface area (Å²) in [7, 11) is 0. The van der Waals surface area contributed by atoms with Crippen molar-refractivity contribution in [3.8, 4) is 0 Å². The first-order valence-electron chi connectivity index (χ1n) is 6.31. The molecule has 2 aliphatic rings. The fourth-order valence-electron chi connectivity index (χ4n) is 3.09. The lowest BCUT2D eigenvalue weighted by atomic mass is 9.77. The van der Waals surface area contributed by atoms with Gasteiger partial charge in [-0.3, -0.25) is 4.79 Å². The van der Waals surface area contributed by atoms with E-state index in [0.717, 1.165) is 5.92 Å². The van der Waals surface area contributed by atoms with Crippen molar-refractivity contribution in [1.82, 2.24) is 0 Å². The summed E-state index contributed by atoms with van der Waals surface area (Å²) in [6.45, 7) is 2.32. The zero-order valence-corrected chi connectivity index (χ0v) is 9.30. The second-order valence-electron chi connectivity index (χ2n) is 5.34. The van der Waals surface area contributed by atoms with E-state index in [1.54, 1.807) is 0 Å². The Morgan fingerprint density at radius 2 is 1.36 bits per heavy atom. The monoisotopic (exact) mass is 194 g/mol. The van der Waals surface area contributed by atoms with Crippen molar-refractivity contribution in [1.29, 1.82) is 0 Å². The third-order valence-corrected chi connectivity index (χ3v) is 4.18. The van der Waals surface area contributed by atoms with Crippen LogP contribution >= 0.6 is 0 Å². The van der Waals surface area contributed by atoms with Crippen molar-refractivity contribution in [3.05, 3.63) is 0 Å². The van der Waals surface area contributed by atoms with Gasteiger partial charge in [-0.15, -0.1) is 0 Å². The van der Waals surface area contributed by atoms with Gasteiger partial charge in [-0.1, -0.05) is 32.6 Å². The average Bonchev–Trinajstić information content (AvgIpc) is 2.71. The van der Waals surface area contributed by atoms with Crippen LogP contribution in [0, 0.1) is 17.8 Å². The molecule has 0 unspecified atom stereocenters. The van der Waals surface area contributed by atoms with Gasteiger partial charge in [0.15, 0.2) is 0 Å². The summed E-state index contributed by atoms with van der Waals surface area (Å²) in [4.78, 5) is 12.1. The summed E-state index contributed by atoms with van der Waals surface area (Å²) in [6.07, 6.45) is 9.87. The summed E-state index contributed by atoms with van der Waals surface area (Å²) in [5.41, 5.74) is 0. The smallest absolute Gasteiger partial charge is 0.139 e. The molecule has 0 N–H and O–H groups in total. The van der Waals surface area contributed by atoms with Gasteiger partial charge in [-0.25, -0.2) is 0 Å². The van der Waals surface area contributed by atoms with Crippen LogP contribution in [-0.4, -0.2) is 5.78 Å². The van der Waals surface area contributed by atoms with Crippen LogP contribution < -0.4 is 0 Å². The summed E-state index contributed by atoms with van der Waals surface area (Å²) < 4.78 is 0. The molecule has 14 heavy (non-hydrogen) atoms. The van der Waals surface area contributed by atoms with Gasteiger partial charge in [0, 0.05) is 11.8 Å². The molecule has 0 aromatic rings. The van der Waals surface area contributed by atoms with E-state index >= 15 is 0 Å². The number of hydrogen-bond donors (Lipinski definition) is 0. The zero-order chi connectivity index (χ0) is 9.97. The standard InChI is InChI=1S/C13H22O/c1-10-6-8-12(9-7-10)13(14)11-4-2-3-5-11/h10-12H,2-9H2,1H3. The fourth-order valence-corrected chi connectivity index (χ4v) is 3.09. The van der Waals surface area contributed by atoms with E-state index in [-0.39, 0.29) is 0 Å². The van der Waals surface area contributed by atoms with Gasteiger partial charge in [0.25, 0.3) is 0 Å². The Bertz CT molecular complexity index is 195. The quantitative estimate of drug-likeness (QED) is 0.656. The molecule has 0 aliphatic heterocycles. The molecule has 0 bridgehead atoms. The highest BCUT2D eigenvalue weighted by Crippen LogP contribution is 2.35. The van der Waals surface area contributed by atoms with Crippen molar-refractivity contribution in [2.24, 2.45) is 17.8 Å². The topological polar surface area (TPSA) is 17.1 Å². The van der Waals surface area contributed by atoms with Gasteiger partial charge in [-0.05, 0) is 31.6 Å². The van der Waals surface area contributed by atoms with Crippen LogP contribution in [0.25, 0.3) is 0 Å². The first-order chi connectivity index (χ1) is 6.77. The molecule has 0 aromatic carbocycles. The highest BCUT2D eigenvalue weighted by molar-refractivity contribution is 5.83. The van der Waals surface area contributed by atoms with Crippen LogP contribution in [0.15, 0.2) is 0 Å². The molecule has 0 saturated heterocycles. The lowest BCUT2D eigenvalue weighted by Gasteiger charge is -2.26. The van der Waals surface area contributed by atoms with Gasteiger partial charge < -0.3 is 0 Å². The molecule has 2 aliphatic carbocycles. The summed E-state index contributed by atoms with van der Waals surface area (Å²) in [6, 6.07) is 0. The molecule has 0 radical (unpaired) electrons. The molecule has 0 heterocycles. The predicted molar refractivity (Wildman–Crippen MR) is 58.1 cm³/mol. The van der Waals surface area contributed by atoms with Crippen molar-refractivity contribution in [2.75, 3.05) is 0 Å². The molecule has 80 valence electrons. The van der Waals surface area contributed by atoms with Crippen LogP contribution in [0.1, 0.15) is 58.3 Å². The number of hydrogen-bond acceptors (Lipinski definition) is 1. The maximum Gasteiger partial charge on any atom is 0.139 e. The van der Waals surface area contributed by atoms with Crippen LogP contribution in [0.3, 0.4) is 0 Å². The van der Waals surface area contributed by atoms with Gasteiger partial charge in [0.1, 0.15) is 5.78 Å². The van der Waals surface area contributed by atoms with E-state index in [1.165, 1.54) is 51.4 Å². The van der Waals surface area contributed by atoms with E-state index in [0.29, 0.717) is 17.6 Å². The van der Waals surface area contributed by atoms with E-state index in [9.17, 15) is 4.79 Å². The number of rotatable bonds is 2. The summed E-state index contributed by atoms with van der Waals surface area (Å²) in [5.74, 6) is 2.37. The molecule has 0 atom stereocenters. The summed E-state index contributed by atoms with van der Waals surface area (Å²) >= 11 is 0. The third kappa shape index (κ3) is 2.18. The SMILES string of the molecule is CC1CCC(C(=O)C2CCCC2)CC1. The number of carbonyl (C=O) groups excluding carboxylic acids is 1. The van der Waals surface area contributed by atoms with Crippen LogP contribution in [0.4, 0.5) is 0 Å². The molecule has 2 rings (SSSR count). The predicted octanol–water partition coefficient (Wildman–Crippen LogP) is 3.57. The van der Waals surface area contributed by atoms with Crippen LogP contribution in [-0.2, 0) is 4.79 Å². The number of ketones is 1. The highest BCUT2D eigenvalue weighted by Gasteiger charge is 2.31. The Labute approximate surface area is 87.3 Å². The largest absolute Gasteiger partial charge is 0.299 e. The van der Waals surface area contributed by atoms with Crippen molar-refractivity contribution < 1.29 is 4.79 Å². The molecule has 0 aromatic heterocycles. The highest BCUT2D eigenvalue weighted by atomic mass is 16.1. The fraction of sp³-hybridized carbons (Fsp3) is 0.923. The minimum Gasteiger partial charge on any atom is -0.299 e. The van der Waals surface area contributed by atoms with E-state index in [1.807, 2.05) is 0 Å². The van der Waals surface area contributed by atoms with Gasteiger partial charge in [0.05, 0.1) is 0 Å². The molecular weight excluding hydrogens is 172 g/mol. The van der Waals surface area contributed by atoms with Gasteiger partial charge >= 0.3 is 0 Å². The lowest BCUT2D eigenvalue weighted by molar-refractivity contribution is -0.127. The first-order valence-corrected chi connectivity index (χ1v) is 6.31. The minimum atomic E-state index is 0.439. The Hall–Kier alpha value is -0.330. The Kier molecular flexibility index (Phi) is 3.25.